The summed E-state index contributed by atoms with van der Waals surface area (Å²) in [5.74, 6) is 1.60. The number of rotatable bonds is 6. The largest absolute Gasteiger partial charge is 0.393 e. The second-order valence-electron chi connectivity index (χ2n) is 6.49. The standard InChI is InChI=1S/C17H24N2O2/c1-12(2)10-14(20)11-15-18-16(19-21-15)17(3,4)13-8-6-5-7-9-13/h5-9,12,14,20H,10-11H2,1-4H3. The molecule has 1 atom stereocenters. The van der Waals surface area contributed by atoms with Gasteiger partial charge in [0.15, 0.2) is 5.82 Å². The van der Waals surface area contributed by atoms with E-state index in [9.17, 15) is 5.11 Å². The highest BCUT2D eigenvalue weighted by Gasteiger charge is 2.29. The maximum absolute atomic E-state index is 9.97. The Labute approximate surface area is 126 Å². The second kappa shape index (κ2) is 6.39. The van der Waals surface area contributed by atoms with Gasteiger partial charge in [0, 0.05) is 0 Å². The Morgan fingerprint density at radius 3 is 2.48 bits per heavy atom. The maximum Gasteiger partial charge on any atom is 0.229 e. The van der Waals surface area contributed by atoms with Gasteiger partial charge in [-0.25, -0.2) is 0 Å². The van der Waals surface area contributed by atoms with E-state index >= 15 is 0 Å². The molecule has 0 fully saturated rings. The van der Waals surface area contributed by atoms with Crippen LogP contribution in [0.1, 0.15) is 51.4 Å². The number of nitrogens with zero attached hydrogens (tertiary/aromatic N) is 2. The monoisotopic (exact) mass is 288 g/mol. The Morgan fingerprint density at radius 2 is 1.86 bits per heavy atom. The van der Waals surface area contributed by atoms with Crippen molar-refractivity contribution >= 4 is 0 Å². The van der Waals surface area contributed by atoms with E-state index in [0.717, 1.165) is 12.0 Å². The third kappa shape index (κ3) is 3.91. The van der Waals surface area contributed by atoms with Crippen molar-refractivity contribution in [3.8, 4) is 0 Å². The number of aliphatic hydroxyl groups is 1. The smallest absolute Gasteiger partial charge is 0.229 e. The van der Waals surface area contributed by atoms with Crippen LogP contribution >= 0.6 is 0 Å². The summed E-state index contributed by atoms with van der Waals surface area (Å²) in [6.07, 6.45) is 0.716. The molecular weight excluding hydrogens is 264 g/mol. The number of benzene rings is 1. The lowest BCUT2D eigenvalue weighted by Crippen LogP contribution is -2.21. The van der Waals surface area contributed by atoms with E-state index in [-0.39, 0.29) is 5.41 Å². The summed E-state index contributed by atoms with van der Waals surface area (Å²) in [6.45, 7) is 8.31. The SMILES string of the molecule is CC(C)CC(O)Cc1nc(C(C)(C)c2ccccc2)no1. The molecular formula is C17H24N2O2. The van der Waals surface area contributed by atoms with E-state index in [0.29, 0.717) is 24.1 Å². The molecule has 0 aliphatic heterocycles. The molecule has 0 aliphatic rings. The van der Waals surface area contributed by atoms with Crippen LogP contribution in [0.4, 0.5) is 0 Å². The van der Waals surface area contributed by atoms with Crippen LogP contribution in [0.3, 0.4) is 0 Å². The Kier molecular flexibility index (Phi) is 4.78. The Balaban J connectivity index is 2.12. The van der Waals surface area contributed by atoms with Gasteiger partial charge < -0.3 is 9.63 Å². The summed E-state index contributed by atoms with van der Waals surface area (Å²) in [4.78, 5) is 4.47. The van der Waals surface area contributed by atoms with Crippen molar-refractivity contribution in [2.75, 3.05) is 0 Å². The molecule has 2 rings (SSSR count). The second-order valence-corrected chi connectivity index (χ2v) is 6.49. The van der Waals surface area contributed by atoms with Crippen LogP contribution in [0.2, 0.25) is 0 Å². The first-order valence-electron chi connectivity index (χ1n) is 7.46. The fourth-order valence-electron chi connectivity index (χ4n) is 2.40. The molecule has 4 heteroatoms. The average Bonchev–Trinajstić information content (AvgIpc) is 2.88. The van der Waals surface area contributed by atoms with Crippen molar-refractivity contribution < 1.29 is 9.63 Å². The fourth-order valence-corrected chi connectivity index (χ4v) is 2.40. The molecule has 4 nitrogen and oxygen atoms in total. The van der Waals surface area contributed by atoms with Crippen LogP contribution in [0.25, 0.3) is 0 Å². The zero-order chi connectivity index (χ0) is 15.5. The predicted octanol–water partition coefficient (Wildman–Crippen LogP) is 3.35. The van der Waals surface area contributed by atoms with E-state index in [1.54, 1.807) is 0 Å². The van der Waals surface area contributed by atoms with E-state index in [1.807, 2.05) is 18.2 Å². The molecule has 0 aliphatic carbocycles. The molecule has 1 N–H and O–H groups in total. The molecule has 0 saturated heterocycles. The molecule has 0 saturated carbocycles. The molecule has 1 heterocycles. The minimum atomic E-state index is -0.432. The van der Waals surface area contributed by atoms with Gasteiger partial charge in [-0.3, -0.25) is 0 Å². The van der Waals surface area contributed by atoms with E-state index in [4.69, 9.17) is 4.52 Å². The van der Waals surface area contributed by atoms with Crippen molar-refractivity contribution in [1.29, 1.82) is 0 Å². The van der Waals surface area contributed by atoms with Crippen LogP contribution in [-0.2, 0) is 11.8 Å². The molecule has 0 spiro atoms. The van der Waals surface area contributed by atoms with Crippen molar-refractivity contribution in [3.05, 3.63) is 47.6 Å². The molecule has 2 aromatic rings. The summed E-state index contributed by atoms with van der Waals surface area (Å²) < 4.78 is 5.30. The quantitative estimate of drug-likeness (QED) is 0.885. The molecule has 0 bridgehead atoms. The molecule has 0 radical (unpaired) electrons. The number of aliphatic hydroxyl groups excluding tert-OH is 1. The third-order valence-electron chi connectivity index (χ3n) is 3.68. The van der Waals surface area contributed by atoms with E-state index in [2.05, 4.69) is 50.0 Å². The van der Waals surface area contributed by atoms with Crippen LogP contribution in [0.5, 0.6) is 0 Å². The van der Waals surface area contributed by atoms with Crippen LogP contribution < -0.4 is 0 Å². The van der Waals surface area contributed by atoms with Gasteiger partial charge in [0.25, 0.3) is 0 Å². The van der Waals surface area contributed by atoms with E-state index < -0.39 is 6.10 Å². The van der Waals surface area contributed by atoms with Gasteiger partial charge in [-0.1, -0.05) is 49.3 Å². The zero-order valence-corrected chi connectivity index (χ0v) is 13.2. The Morgan fingerprint density at radius 1 is 1.19 bits per heavy atom. The number of hydrogen-bond donors (Lipinski definition) is 1. The lowest BCUT2D eigenvalue weighted by molar-refractivity contribution is 0.138. The Bertz CT molecular complexity index is 561. The Hall–Kier alpha value is -1.68. The summed E-state index contributed by atoms with van der Waals surface area (Å²) in [7, 11) is 0. The zero-order valence-electron chi connectivity index (χ0n) is 13.2. The van der Waals surface area contributed by atoms with Crippen molar-refractivity contribution in [2.45, 2.75) is 52.1 Å². The first-order valence-corrected chi connectivity index (χ1v) is 7.46. The first-order chi connectivity index (χ1) is 9.89. The lowest BCUT2D eigenvalue weighted by atomic mass is 9.84. The van der Waals surface area contributed by atoms with Crippen molar-refractivity contribution in [2.24, 2.45) is 5.92 Å². The summed E-state index contributed by atoms with van der Waals surface area (Å²) in [6, 6.07) is 10.1. The summed E-state index contributed by atoms with van der Waals surface area (Å²) in [5.41, 5.74) is 0.825. The fraction of sp³-hybridized carbons (Fsp3) is 0.529. The van der Waals surface area contributed by atoms with Gasteiger partial charge in [0.05, 0.1) is 17.9 Å². The molecule has 1 unspecified atom stereocenters. The number of aromatic nitrogens is 2. The lowest BCUT2D eigenvalue weighted by Gasteiger charge is -2.20. The van der Waals surface area contributed by atoms with Gasteiger partial charge in [0.2, 0.25) is 5.89 Å². The predicted molar refractivity (Wildman–Crippen MR) is 82.0 cm³/mol. The minimum absolute atomic E-state index is 0.313. The van der Waals surface area contributed by atoms with Gasteiger partial charge in [0.1, 0.15) is 0 Å². The van der Waals surface area contributed by atoms with Gasteiger partial charge >= 0.3 is 0 Å². The van der Waals surface area contributed by atoms with Crippen molar-refractivity contribution in [3.63, 3.8) is 0 Å². The molecule has 0 amide bonds. The minimum Gasteiger partial charge on any atom is -0.393 e. The molecule has 114 valence electrons. The van der Waals surface area contributed by atoms with Crippen LogP contribution in [0, 0.1) is 5.92 Å². The average molecular weight is 288 g/mol. The maximum atomic E-state index is 9.97. The van der Waals surface area contributed by atoms with E-state index in [1.165, 1.54) is 0 Å². The van der Waals surface area contributed by atoms with Gasteiger partial charge in [-0.15, -0.1) is 0 Å². The summed E-state index contributed by atoms with van der Waals surface area (Å²) >= 11 is 0. The van der Waals surface area contributed by atoms with Crippen LogP contribution in [0.15, 0.2) is 34.9 Å². The highest BCUT2D eigenvalue weighted by atomic mass is 16.5. The molecule has 21 heavy (non-hydrogen) atoms. The first kappa shape index (κ1) is 15.7. The highest BCUT2D eigenvalue weighted by molar-refractivity contribution is 5.30. The molecule has 1 aromatic heterocycles. The third-order valence-corrected chi connectivity index (χ3v) is 3.68. The summed E-state index contributed by atoms with van der Waals surface area (Å²) in [5, 5.41) is 14.1. The van der Waals surface area contributed by atoms with Crippen molar-refractivity contribution in [1.82, 2.24) is 10.1 Å². The normalized spacial score (nSPS) is 13.6. The number of hydrogen-bond acceptors (Lipinski definition) is 4. The highest BCUT2D eigenvalue weighted by Crippen LogP contribution is 2.29. The molecule has 1 aromatic carbocycles. The van der Waals surface area contributed by atoms with Crippen LogP contribution in [-0.4, -0.2) is 21.4 Å². The van der Waals surface area contributed by atoms with Gasteiger partial charge in [-0.05, 0) is 31.7 Å². The topological polar surface area (TPSA) is 59.2 Å². The van der Waals surface area contributed by atoms with Gasteiger partial charge in [-0.2, -0.15) is 4.98 Å².